The zero-order valence-corrected chi connectivity index (χ0v) is 11.5. The van der Waals surface area contributed by atoms with Crippen LogP contribution in [0.1, 0.15) is 16.1 Å². The van der Waals surface area contributed by atoms with Crippen molar-refractivity contribution in [1.29, 1.82) is 0 Å². The number of hydrogen-bond acceptors (Lipinski definition) is 3. The van der Waals surface area contributed by atoms with Gasteiger partial charge < -0.3 is 9.67 Å². The topological polar surface area (TPSA) is 85.4 Å². The SMILES string of the molecule is O=C(O)c1cc([N+](=O)[O-])cn1Cc1cc(F)cc(Br)c1. The number of halogens is 2. The minimum absolute atomic E-state index is 0.0197. The lowest BCUT2D eigenvalue weighted by molar-refractivity contribution is -0.384. The van der Waals surface area contributed by atoms with Crippen LogP contribution in [0.2, 0.25) is 0 Å². The van der Waals surface area contributed by atoms with Gasteiger partial charge in [0.15, 0.2) is 0 Å². The summed E-state index contributed by atoms with van der Waals surface area (Å²) in [6.45, 7) is 0.0197. The summed E-state index contributed by atoms with van der Waals surface area (Å²) in [4.78, 5) is 21.1. The fraction of sp³-hybridized carbons (Fsp3) is 0.0833. The van der Waals surface area contributed by atoms with E-state index in [9.17, 15) is 19.3 Å². The number of nitrogens with zero attached hydrogens (tertiary/aromatic N) is 2. The van der Waals surface area contributed by atoms with Gasteiger partial charge in [-0.05, 0) is 23.8 Å². The number of aromatic carboxylic acids is 1. The van der Waals surface area contributed by atoms with Crippen LogP contribution in [0, 0.1) is 15.9 Å². The van der Waals surface area contributed by atoms with E-state index < -0.39 is 16.7 Å². The van der Waals surface area contributed by atoms with Crippen molar-refractivity contribution in [2.24, 2.45) is 0 Å². The molecule has 0 bridgehead atoms. The lowest BCUT2D eigenvalue weighted by Crippen LogP contribution is -2.08. The van der Waals surface area contributed by atoms with Crippen molar-refractivity contribution in [2.45, 2.75) is 6.54 Å². The van der Waals surface area contributed by atoms with Crippen LogP contribution in [-0.2, 0) is 6.54 Å². The number of benzene rings is 1. The Morgan fingerprint density at radius 1 is 1.40 bits per heavy atom. The third-order valence-electron chi connectivity index (χ3n) is 2.59. The van der Waals surface area contributed by atoms with Crippen LogP contribution >= 0.6 is 15.9 Å². The van der Waals surface area contributed by atoms with Crippen molar-refractivity contribution in [3.63, 3.8) is 0 Å². The Morgan fingerprint density at radius 3 is 2.65 bits per heavy atom. The van der Waals surface area contributed by atoms with Crippen molar-refractivity contribution in [1.82, 2.24) is 4.57 Å². The van der Waals surface area contributed by atoms with Crippen LogP contribution in [0.25, 0.3) is 0 Å². The zero-order valence-electron chi connectivity index (χ0n) is 9.92. The molecule has 1 aromatic carbocycles. The summed E-state index contributed by atoms with van der Waals surface area (Å²) in [5.74, 6) is -1.76. The highest BCUT2D eigenvalue weighted by Gasteiger charge is 2.19. The average Bonchev–Trinajstić information content (AvgIpc) is 2.71. The van der Waals surface area contributed by atoms with Crippen LogP contribution in [0.3, 0.4) is 0 Å². The summed E-state index contributed by atoms with van der Waals surface area (Å²) in [7, 11) is 0. The van der Waals surface area contributed by atoms with E-state index in [4.69, 9.17) is 5.11 Å². The molecule has 0 aliphatic heterocycles. The number of carboxylic acid groups (broad SMARTS) is 1. The molecule has 0 atom stereocenters. The monoisotopic (exact) mass is 342 g/mol. The Morgan fingerprint density at radius 2 is 2.10 bits per heavy atom. The van der Waals surface area contributed by atoms with Crippen molar-refractivity contribution < 1.29 is 19.2 Å². The maximum Gasteiger partial charge on any atom is 0.352 e. The van der Waals surface area contributed by atoms with E-state index in [1.165, 1.54) is 16.7 Å². The molecule has 0 aliphatic rings. The van der Waals surface area contributed by atoms with E-state index in [0.29, 0.717) is 10.0 Å². The van der Waals surface area contributed by atoms with E-state index in [1.54, 1.807) is 6.07 Å². The highest BCUT2D eigenvalue weighted by atomic mass is 79.9. The number of nitro groups is 1. The standard InChI is InChI=1S/C12H8BrFN2O4/c13-8-1-7(2-9(14)3-8)5-15-6-10(16(19)20)4-11(15)12(17)18/h1-4,6H,5H2,(H,17,18). The maximum absolute atomic E-state index is 13.3. The molecule has 0 radical (unpaired) electrons. The maximum atomic E-state index is 13.3. The number of hydrogen-bond donors (Lipinski definition) is 1. The molecular weight excluding hydrogens is 335 g/mol. The molecule has 0 unspecified atom stereocenters. The van der Waals surface area contributed by atoms with Crippen LogP contribution < -0.4 is 0 Å². The fourth-order valence-corrected chi connectivity index (χ4v) is 2.32. The highest BCUT2D eigenvalue weighted by Crippen LogP contribution is 2.20. The van der Waals surface area contributed by atoms with Gasteiger partial charge in [-0.15, -0.1) is 0 Å². The first-order valence-corrected chi connectivity index (χ1v) is 6.19. The smallest absolute Gasteiger partial charge is 0.352 e. The van der Waals surface area contributed by atoms with Crippen molar-refractivity contribution >= 4 is 27.6 Å². The van der Waals surface area contributed by atoms with Gasteiger partial charge in [-0.25, -0.2) is 9.18 Å². The third-order valence-corrected chi connectivity index (χ3v) is 3.05. The van der Waals surface area contributed by atoms with E-state index in [0.717, 1.165) is 12.3 Å². The quantitative estimate of drug-likeness (QED) is 0.683. The molecule has 2 aromatic rings. The first-order valence-electron chi connectivity index (χ1n) is 5.39. The molecule has 8 heteroatoms. The number of carboxylic acids is 1. The highest BCUT2D eigenvalue weighted by molar-refractivity contribution is 9.10. The second-order valence-electron chi connectivity index (χ2n) is 4.05. The van der Waals surface area contributed by atoms with Crippen molar-refractivity contribution in [3.05, 3.63) is 62.1 Å². The number of rotatable bonds is 4. The summed E-state index contributed by atoms with van der Waals surface area (Å²) < 4.78 is 15.0. The van der Waals surface area contributed by atoms with Crippen molar-refractivity contribution in [3.8, 4) is 0 Å². The molecule has 0 amide bonds. The lowest BCUT2D eigenvalue weighted by Gasteiger charge is -2.06. The predicted molar refractivity (Wildman–Crippen MR) is 71.2 cm³/mol. The molecule has 1 N–H and O–H groups in total. The molecule has 104 valence electrons. The molecule has 6 nitrogen and oxygen atoms in total. The molecule has 0 saturated carbocycles. The molecule has 0 aliphatic carbocycles. The largest absolute Gasteiger partial charge is 0.477 e. The van der Waals surface area contributed by atoms with Gasteiger partial charge in [0.1, 0.15) is 11.5 Å². The minimum atomic E-state index is -1.28. The normalized spacial score (nSPS) is 10.5. The Hall–Kier alpha value is -2.22. The first kappa shape index (κ1) is 14.2. The Bertz CT molecular complexity index is 679. The summed E-state index contributed by atoms with van der Waals surface area (Å²) >= 11 is 3.13. The fourth-order valence-electron chi connectivity index (χ4n) is 1.80. The molecule has 2 rings (SSSR count). The Kier molecular flexibility index (Phi) is 3.84. The van der Waals surface area contributed by atoms with Gasteiger partial charge in [-0.3, -0.25) is 10.1 Å². The molecule has 20 heavy (non-hydrogen) atoms. The predicted octanol–water partition coefficient (Wildman–Crippen LogP) is 3.04. The van der Waals surface area contributed by atoms with Gasteiger partial charge in [0.25, 0.3) is 5.69 Å². The zero-order chi connectivity index (χ0) is 14.9. The molecule has 0 saturated heterocycles. The Labute approximate surface area is 120 Å². The van der Waals surface area contributed by atoms with E-state index in [-0.39, 0.29) is 17.9 Å². The average molecular weight is 343 g/mol. The van der Waals surface area contributed by atoms with Gasteiger partial charge in [-0.2, -0.15) is 0 Å². The van der Waals surface area contributed by atoms with Crippen molar-refractivity contribution in [2.75, 3.05) is 0 Å². The summed E-state index contributed by atoms with van der Waals surface area (Å²) in [5, 5.41) is 19.7. The summed E-state index contributed by atoms with van der Waals surface area (Å²) in [6.07, 6.45) is 1.11. The van der Waals surface area contributed by atoms with Crippen LogP contribution in [0.15, 0.2) is 34.9 Å². The lowest BCUT2D eigenvalue weighted by atomic mass is 10.2. The van der Waals surface area contributed by atoms with E-state index >= 15 is 0 Å². The van der Waals surface area contributed by atoms with Crippen LogP contribution in [-0.4, -0.2) is 20.6 Å². The summed E-state index contributed by atoms with van der Waals surface area (Å²) in [6, 6.07) is 5.08. The first-order chi connectivity index (χ1) is 9.36. The number of aromatic nitrogens is 1. The van der Waals surface area contributed by atoms with Gasteiger partial charge in [0.2, 0.25) is 0 Å². The van der Waals surface area contributed by atoms with Gasteiger partial charge in [0.05, 0.1) is 11.1 Å². The molecule has 0 fully saturated rings. The molecular formula is C12H8BrFN2O4. The van der Waals surface area contributed by atoms with Gasteiger partial charge >= 0.3 is 5.97 Å². The molecule has 1 heterocycles. The Balaban J connectivity index is 2.41. The second-order valence-corrected chi connectivity index (χ2v) is 4.97. The van der Waals surface area contributed by atoms with Gasteiger partial charge in [-0.1, -0.05) is 15.9 Å². The molecule has 0 spiro atoms. The van der Waals surface area contributed by atoms with E-state index in [2.05, 4.69) is 15.9 Å². The summed E-state index contributed by atoms with van der Waals surface area (Å²) in [5.41, 5.74) is -0.0557. The van der Waals surface area contributed by atoms with Crippen LogP contribution in [0.4, 0.5) is 10.1 Å². The second kappa shape index (κ2) is 5.41. The van der Waals surface area contributed by atoms with Gasteiger partial charge in [0, 0.05) is 17.1 Å². The van der Waals surface area contributed by atoms with E-state index in [1.807, 2.05) is 0 Å². The van der Waals surface area contributed by atoms with Crippen LogP contribution in [0.5, 0.6) is 0 Å². The molecule has 1 aromatic heterocycles. The number of carbonyl (C=O) groups is 1. The third kappa shape index (κ3) is 3.02. The minimum Gasteiger partial charge on any atom is -0.477 e.